The molecule has 19 heavy (non-hydrogen) atoms. The molecular formula is C14H15BrN2OS. The number of thiophene rings is 1. The second-order valence-corrected chi connectivity index (χ2v) is 6.15. The van der Waals surface area contributed by atoms with Crippen LogP contribution in [-0.2, 0) is 4.79 Å². The van der Waals surface area contributed by atoms with Gasteiger partial charge in [0.25, 0.3) is 0 Å². The number of amides is 1. The molecule has 0 saturated carbocycles. The van der Waals surface area contributed by atoms with Gasteiger partial charge in [-0.25, -0.2) is 0 Å². The Morgan fingerprint density at radius 1 is 1.32 bits per heavy atom. The van der Waals surface area contributed by atoms with Crippen molar-refractivity contribution in [3.8, 4) is 0 Å². The molecule has 2 rings (SSSR count). The average molecular weight is 339 g/mol. The fourth-order valence-corrected chi connectivity index (χ4v) is 3.22. The molecule has 5 heteroatoms. The molecule has 2 aromatic rings. The molecule has 0 aliphatic heterocycles. The minimum absolute atomic E-state index is 0.0626. The normalized spacial score (nSPS) is 11.9. The summed E-state index contributed by atoms with van der Waals surface area (Å²) >= 11 is 5.17. The first kappa shape index (κ1) is 14.1. The smallest absolute Gasteiger partial charge is 0.221 e. The molecule has 0 aliphatic rings. The average Bonchev–Trinajstić information content (AvgIpc) is 2.75. The Morgan fingerprint density at radius 2 is 2.05 bits per heavy atom. The Labute approximate surface area is 125 Å². The summed E-state index contributed by atoms with van der Waals surface area (Å²) in [6.07, 6.45) is 0. The third kappa shape index (κ3) is 4.08. The molecular weight excluding hydrogens is 324 g/mol. The molecule has 3 nitrogen and oxygen atoms in total. The van der Waals surface area contributed by atoms with Crippen LogP contribution >= 0.6 is 27.3 Å². The van der Waals surface area contributed by atoms with Gasteiger partial charge >= 0.3 is 0 Å². The predicted octanol–water partition coefficient (Wildman–Crippen LogP) is 4.64. The fourth-order valence-electron chi connectivity index (χ4n) is 1.77. The molecule has 0 fully saturated rings. The largest absolute Gasteiger partial charge is 0.378 e. The van der Waals surface area contributed by atoms with Crippen molar-refractivity contribution in [1.29, 1.82) is 0 Å². The lowest BCUT2D eigenvalue weighted by atomic mass is 10.2. The van der Waals surface area contributed by atoms with Crippen LogP contribution < -0.4 is 10.6 Å². The summed E-state index contributed by atoms with van der Waals surface area (Å²) in [5.41, 5.74) is 1.79. The van der Waals surface area contributed by atoms with Crippen LogP contribution in [0, 0.1) is 0 Å². The Balaban J connectivity index is 2.08. The van der Waals surface area contributed by atoms with Crippen LogP contribution in [0.1, 0.15) is 24.8 Å². The number of carbonyl (C=O) groups is 1. The molecule has 1 aromatic heterocycles. The highest BCUT2D eigenvalue weighted by atomic mass is 79.9. The number of anilines is 2. The van der Waals surface area contributed by atoms with E-state index in [1.165, 1.54) is 11.8 Å². The summed E-state index contributed by atoms with van der Waals surface area (Å²) in [6.45, 7) is 3.62. The van der Waals surface area contributed by atoms with Gasteiger partial charge in [-0.2, -0.15) is 0 Å². The zero-order valence-electron chi connectivity index (χ0n) is 10.7. The van der Waals surface area contributed by atoms with E-state index < -0.39 is 0 Å². The summed E-state index contributed by atoms with van der Waals surface area (Å²) < 4.78 is 1.10. The molecule has 0 aliphatic carbocycles. The fraction of sp³-hybridized carbons (Fsp3) is 0.214. The number of hydrogen-bond acceptors (Lipinski definition) is 3. The highest BCUT2D eigenvalue weighted by molar-refractivity contribution is 9.10. The number of rotatable bonds is 4. The molecule has 2 N–H and O–H groups in total. The van der Waals surface area contributed by atoms with Crippen LogP contribution in [-0.4, -0.2) is 5.91 Å². The lowest BCUT2D eigenvalue weighted by Crippen LogP contribution is -2.08. The lowest BCUT2D eigenvalue weighted by molar-refractivity contribution is -0.114. The maximum absolute atomic E-state index is 11.0. The van der Waals surface area contributed by atoms with E-state index in [2.05, 4.69) is 44.9 Å². The molecule has 0 bridgehead atoms. The zero-order valence-corrected chi connectivity index (χ0v) is 13.1. The van der Waals surface area contributed by atoms with Gasteiger partial charge < -0.3 is 10.6 Å². The van der Waals surface area contributed by atoms with Crippen molar-refractivity contribution in [3.05, 3.63) is 45.1 Å². The van der Waals surface area contributed by atoms with E-state index in [0.717, 1.165) is 15.8 Å². The summed E-state index contributed by atoms with van der Waals surface area (Å²) in [5.74, 6) is -0.0626. The molecule has 1 amide bonds. The van der Waals surface area contributed by atoms with Crippen LogP contribution in [0.2, 0.25) is 0 Å². The second kappa shape index (κ2) is 6.21. The molecule has 0 saturated heterocycles. The highest BCUT2D eigenvalue weighted by Gasteiger charge is 2.08. The number of nitrogens with one attached hydrogen (secondary N) is 2. The molecule has 1 atom stereocenters. The third-order valence-electron chi connectivity index (χ3n) is 2.58. The van der Waals surface area contributed by atoms with Gasteiger partial charge in [-0.3, -0.25) is 4.79 Å². The van der Waals surface area contributed by atoms with Crippen molar-refractivity contribution in [3.63, 3.8) is 0 Å². The van der Waals surface area contributed by atoms with Gasteiger partial charge in [0.1, 0.15) is 0 Å². The molecule has 100 valence electrons. The van der Waals surface area contributed by atoms with Gasteiger partial charge in [-0.15, -0.1) is 11.3 Å². The topological polar surface area (TPSA) is 41.1 Å². The third-order valence-corrected chi connectivity index (χ3v) is 4.46. The minimum Gasteiger partial charge on any atom is -0.378 e. The Hall–Kier alpha value is -1.33. The number of carbonyl (C=O) groups excluding carboxylic acids is 1. The maximum atomic E-state index is 11.0. The molecule has 0 radical (unpaired) electrons. The Kier molecular flexibility index (Phi) is 4.61. The summed E-state index contributed by atoms with van der Waals surface area (Å²) in [5, 5.41) is 8.27. The van der Waals surface area contributed by atoms with Gasteiger partial charge in [-0.1, -0.05) is 6.07 Å². The van der Waals surface area contributed by atoms with Gasteiger partial charge in [-0.05, 0) is 47.1 Å². The summed E-state index contributed by atoms with van der Waals surface area (Å²) in [6, 6.07) is 10.1. The standard InChI is InChI=1S/C14H15BrN2OS/c1-9(14-6-11(15)8-19-14)16-12-4-3-5-13(7-12)17-10(2)18/h3-9,16H,1-2H3,(H,17,18). The van der Waals surface area contributed by atoms with Gasteiger partial charge in [0.2, 0.25) is 5.91 Å². The van der Waals surface area contributed by atoms with Crippen LogP contribution in [0.5, 0.6) is 0 Å². The van der Waals surface area contributed by atoms with Crippen LogP contribution in [0.4, 0.5) is 11.4 Å². The minimum atomic E-state index is -0.0626. The maximum Gasteiger partial charge on any atom is 0.221 e. The zero-order chi connectivity index (χ0) is 13.8. The van der Waals surface area contributed by atoms with Crippen LogP contribution in [0.3, 0.4) is 0 Å². The van der Waals surface area contributed by atoms with Gasteiger partial charge in [0.15, 0.2) is 0 Å². The van der Waals surface area contributed by atoms with E-state index in [1.54, 1.807) is 11.3 Å². The second-order valence-electron chi connectivity index (χ2n) is 4.30. The Morgan fingerprint density at radius 3 is 2.68 bits per heavy atom. The lowest BCUT2D eigenvalue weighted by Gasteiger charge is -2.14. The van der Waals surface area contributed by atoms with E-state index in [0.29, 0.717) is 0 Å². The van der Waals surface area contributed by atoms with Crippen molar-refractivity contribution in [2.75, 3.05) is 10.6 Å². The first-order valence-electron chi connectivity index (χ1n) is 5.93. The van der Waals surface area contributed by atoms with E-state index in [1.807, 2.05) is 24.3 Å². The van der Waals surface area contributed by atoms with Crippen LogP contribution in [0.25, 0.3) is 0 Å². The van der Waals surface area contributed by atoms with Gasteiger partial charge in [0, 0.05) is 33.0 Å². The Bertz CT molecular complexity index is 582. The molecule has 1 aromatic carbocycles. The number of hydrogen-bond donors (Lipinski definition) is 2. The van der Waals surface area contributed by atoms with Crippen molar-refractivity contribution in [2.45, 2.75) is 19.9 Å². The number of halogens is 1. The van der Waals surface area contributed by atoms with E-state index >= 15 is 0 Å². The molecule has 0 spiro atoms. The van der Waals surface area contributed by atoms with E-state index in [-0.39, 0.29) is 11.9 Å². The summed E-state index contributed by atoms with van der Waals surface area (Å²) in [4.78, 5) is 12.3. The molecule has 1 heterocycles. The van der Waals surface area contributed by atoms with E-state index in [4.69, 9.17) is 0 Å². The predicted molar refractivity (Wildman–Crippen MR) is 84.8 cm³/mol. The summed E-state index contributed by atoms with van der Waals surface area (Å²) in [7, 11) is 0. The van der Waals surface area contributed by atoms with Crippen LogP contribution in [0.15, 0.2) is 40.2 Å². The van der Waals surface area contributed by atoms with Crippen molar-refractivity contribution in [2.24, 2.45) is 0 Å². The quantitative estimate of drug-likeness (QED) is 0.852. The van der Waals surface area contributed by atoms with E-state index in [9.17, 15) is 4.79 Å². The van der Waals surface area contributed by atoms with Crippen molar-refractivity contribution < 1.29 is 4.79 Å². The first-order chi connectivity index (χ1) is 9.04. The highest BCUT2D eigenvalue weighted by Crippen LogP contribution is 2.28. The molecule has 1 unspecified atom stereocenters. The monoisotopic (exact) mass is 338 g/mol. The van der Waals surface area contributed by atoms with Gasteiger partial charge in [0.05, 0.1) is 6.04 Å². The number of benzene rings is 1. The van der Waals surface area contributed by atoms with Crippen molar-refractivity contribution >= 4 is 44.5 Å². The SMILES string of the molecule is CC(=O)Nc1cccc(NC(C)c2cc(Br)cs2)c1. The first-order valence-corrected chi connectivity index (χ1v) is 7.60. The van der Waals surface area contributed by atoms with Crippen molar-refractivity contribution in [1.82, 2.24) is 0 Å².